The fraction of sp³-hybridized carbons (Fsp3) is 0.588. The van der Waals surface area contributed by atoms with Gasteiger partial charge in [-0.25, -0.2) is 4.79 Å². The molecule has 0 unspecified atom stereocenters. The third kappa shape index (κ3) is 8.15. The van der Waals surface area contributed by atoms with Crippen molar-refractivity contribution in [3.63, 3.8) is 0 Å². The van der Waals surface area contributed by atoms with Gasteiger partial charge in [0, 0.05) is 12.6 Å². The number of hydrogen-bond acceptors (Lipinski definition) is 3. The van der Waals surface area contributed by atoms with Crippen LogP contribution in [0.1, 0.15) is 40.2 Å². The standard InChI is InChI=1S/C17H23F3INO3/c1-11(2)22(15(23)25-16(3,4)5)9-12-6-7-14(13(21)8-12)24-10-17(18,19)20/h6-8,11H,9-10H2,1-5H3. The van der Waals surface area contributed by atoms with E-state index in [1.165, 1.54) is 6.07 Å². The van der Waals surface area contributed by atoms with E-state index in [9.17, 15) is 18.0 Å². The van der Waals surface area contributed by atoms with E-state index < -0.39 is 24.5 Å². The summed E-state index contributed by atoms with van der Waals surface area (Å²) < 4.78 is 47.5. The highest BCUT2D eigenvalue weighted by molar-refractivity contribution is 14.1. The number of hydrogen-bond donors (Lipinski definition) is 0. The van der Waals surface area contributed by atoms with Crippen molar-refractivity contribution in [3.8, 4) is 5.75 Å². The Hall–Kier alpha value is -1.19. The van der Waals surface area contributed by atoms with Crippen LogP contribution in [0.15, 0.2) is 18.2 Å². The number of alkyl halides is 3. The van der Waals surface area contributed by atoms with E-state index in [-0.39, 0.29) is 11.8 Å². The summed E-state index contributed by atoms with van der Waals surface area (Å²) in [5.41, 5.74) is 0.178. The van der Waals surface area contributed by atoms with Gasteiger partial charge >= 0.3 is 12.3 Å². The summed E-state index contributed by atoms with van der Waals surface area (Å²) in [4.78, 5) is 13.9. The molecule has 0 bridgehead atoms. The Balaban J connectivity index is 2.85. The first-order valence-electron chi connectivity index (χ1n) is 7.76. The topological polar surface area (TPSA) is 38.8 Å². The van der Waals surface area contributed by atoms with Crippen LogP contribution in [0.25, 0.3) is 0 Å². The molecule has 25 heavy (non-hydrogen) atoms. The molecule has 0 N–H and O–H groups in total. The summed E-state index contributed by atoms with van der Waals surface area (Å²) in [5, 5.41) is 0. The molecule has 8 heteroatoms. The zero-order valence-electron chi connectivity index (χ0n) is 14.9. The Morgan fingerprint density at radius 2 is 1.84 bits per heavy atom. The summed E-state index contributed by atoms with van der Waals surface area (Å²) in [6, 6.07) is 4.74. The van der Waals surface area contributed by atoms with Crippen LogP contribution in [-0.4, -0.2) is 35.4 Å². The number of carbonyl (C=O) groups excluding carboxylic acids is 1. The molecule has 0 fully saturated rings. The fourth-order valence-corrected chi connectivity index (χ4v) is 2.63. The molecule has 0 aliphatic heterocycles. The SMILES string of the molecule is CC(C)N(Cc1ccc(OCC(F)(F)F)c(I)c1)C(=O)OC(C)(C)C. The van der Waals surface area contributed by atoms with Gasteiger partial charge in [-0.3, -0.25) is 0 Å². The molecule has 0 spiro atoms. The average Bonchev–Trinajstić information content (AvgIpc) is 2.40. The number of halogens is 4. The molecule has 1 aromatic carbocycles. The van der Waals surface area contributed by atoms with Gasteiger partial charge in [-0.05, 0) is 74.9 Å². The third-order valence-electron chi connectivity index (χ3n) is 2.99. The maximum Gasteiger partial charge on any atom is 0.422 e. The van der Waals surface area contributed by atoms with Crippen molar-refractivity contribution in [3.05, 3.63) is 27.3 Å². The van der Waals surface area contributed by atoms with Crippen molar-refractivity contribution in [1.82, 2.24) is 4.90 Å². The molecule has 0 aromatic heterocycles. The smallest absolute Gasteiger partial charge is 0.422 e. The number of benzene rings is 1. The lowest BCUT2D eigenvalue weighted by atomic mass is 10.2. The molecule has 0 aliphatic rings. The summed E-state index contributed by atoms with van der Waals surface area (Å²) in [6.45, 7) is 8.07. The molecule has 0 radical (unpaired) electrons. The van der Waals surface area contributed by atoms with Gasteiger partial charge in [0.15, 0.2) is 6.61 Å². The molecule has 0 heterocycles. The quantitative estimate of drug-likeness (QED) is 0.540. The van der Waals surface area contributed by atoms with E-state index in [0.717, 1.165) is 5.56 Å². The second kappa shape index (κ2) is 8.46. The van der Waals surface area contributed by atoms with Crippen LogP contribution in [0.3, 0.4) is 0 Å². The highest BCUT2D eigenvalue weighted by Crippen LogP contribution is 2.26. The third-order valence-corrected chi connectivity index (χ3v) is 3.83. The van der Waals surface area contributed by atoms with E-state index in [1.54, 1.807) is 37.8 Å². The van der Waals surface area contributed by atoms with Gasteiger partial charge in [-0.15, -0.1) is 0 Å². The van der Waals surface area contributed by atoms with E-state index in [2.05, 4.69) is 0 Å². The average molecular weight is 473 g/mol. The molecule has 0 aliphatic carbocycles. The van der Waals surface area contributed by atoms with Gasteiger partial charge in [0.05, 0.1) is 3.57 Å². The number of ether oxygens (including phenoxy) is 2. The molecule has 4 nitrogen and oxygen atoms in total. The van der Waals surface area contributed by atoms with E-state index in [4.69, 9.17) is 9.47 Å². The van der Waals surface area contributed by atoms with Gasteiger partial charge in [0.2, 0.25) is 0 Å². The molecule has 0 atom stereocenters. The first kappa shape index (κ1) is 21.9. The minimum absolute atomic E-state index is 0.0892. The van der Waals surface area contributed by atoms with Crippen LogP contribution >= 0.6 is 22.6 Å². The maximum atomic E-state index is 12.3. The Morgan fingerprint density at radius 3 is 2.28 bits per heavy atom. The Labute approximate surface area is 159 Å². The van der Waals surface area contributed by atoms with Crippen LogP contribution in [0.2, 0.25) is 0 Å². The van der Waals surface area contributed by atoms with Crippen LogP contribution in [0.5, 0.6) is 5.75 Å². The summed E-state index contributed by atoms with van der Waals surface area (Å²) in [6.07, 6.45) is -4.82. The lowest BCUT2D eigenvalue weighted by molar-refractivity contribution is -0.153. The number of amides is 1. The second-order valence-electron chi connectivity index (χ2n) is 6.87. The van der Waals surface area contributed by atoms with Crippen LogP contribution in [-0.2, 0) is 11.3 Å². The van der Waals surface area contributed by atoms with Gasteiger partial charge in [0.1, 0.15) is 11.4 Å². The molecule has 1 aromatic rings. The summed E-state index contributed by atoms with van der Waals surface area (Å²) >= 11 is 1.91. The van der Waals surface area contributed by atoms with Crippen molar-refractivity contribution in [2.75, 3.05) is 6.61 Å². The summed E-state index contributed by atoms with van der Waals surface area (Å²) in [5.74, 6) is 0.162. The van der Waals surface area contributed by atoms with E-state index >= 15 is 0 Å². The predicted octanol–water partition coefficient (Wildman–Crippen LogP) is 5.38. The highest BCUT2D eigenvalue weighted by Gasteiger charge is 2.29. The lowest BCUT2D eigenvalue weighted by Crippen LogP contribution is -2.40. The molecular weight excluding hydrogens is 450 g/mol. The molecule has 1 rings (SSSR count). The zero-order valence-corrected chi connectivity index (χ0v) is 17.1. The fourth-order valence-electron chi connectivity index (χ4n) is 1.89. The Morgan fingerprint density at radius 1 is 1.24 bits per heavy atom. The van der Waals surface area contributed by atoms with Crippen LogP contribution in [0.4, 0.5) is 18.0 Å². The van der Waals surface area contributed by atoms with Crippen molar-refractivity contribution >= 4 is 28.7 Å². The first-order valence-corrected chi connectivity index (χ1v) is 8.84. The predicted molar refractivity (Wildman–Crippen MR) is 97.6 cm³/mol. The largest absolute Gasteiger partial charge is 0.483 e. The van der Waals surface area contributed by atoms with Crippen LogP contribution in [0, 0.1) is 3.57 Å². The molecular formula is C17H23F3INO3. The lowest BCUT2D eigenvalue weighted by Gasteiger charge is -2.30. The zero-order chi connectivity index (χ0) is 19.4. The number of carbonyl (C=O) groups is 1. The van der Waals surface area contributed by atoms with Gasteiger partial charge in [-0.1, -0.05) is 6.07 Å². The highest BCUT2D eigenvalue weighted by atomic mass is 127. The Kier molecular flexibility index (Phi) is 7.40. The van der Waals surface area contributed by atoms with Crippen molar-refractivity contribution < 1.29 is 27.4 Å². The van der Waals surface area contributed by atoms with Crippen molar-refractivity contribution in [2.45, 2.75) is 59.0 Å². The monoisotopic (exact) mass is 473 g/mol. The normalized spacial score (nSPS) is 12.2. The molecule has 0 saturated carbocycles. The second-order valence-corrected chi connectivity index (χ2v) is 8.03. The first-order chi connectivity index (χ1) is 11.3. The van der Waals surface area contributed by atoms with Gasteiger partial charge < -0.3 is 14.4 Å². The van der Waals surface area contributed by atoms with Crippen LogP contribution < -0.4 is 4.74 Å². The number of rotatable bonds is 5. The van der Waals surface area contributed by atoms with Gasteiger partial charge in [0.25, 0.3) is 0 Å². The number of nitrogens with zero attached hydrogens (tertiary/aromatic N) is 1. The minimum Gasteiger partial charge on any atom is -0.483 e. The minimum atomic E-state index is -4.38. The van der Waals surface area contributed by atoms with Crippen molar-refractivity contribution in [1.29, 1.82) is 0 Å². The summed E-state index contributed by atoms with van der Waals surface area (Å²) in [7, 11) is 0. The Bertz CT molecular complexity index is 598. The molecule has 1 amide bonds. The van der Waals surface area contributed by atoms with E-state index in [0.29, 0.717) is 10.1 Å². The van der Waals surface area contributed by atoms with Crippen molar-refractivity contribution in [2.24, 2.45) is 0 Å². The van der Waals surface area contributed by atoms with E-state index in [1.807, 2.05) is 36.4 Å². The molecule has 0 saturated heterocycles. The maximum absolute atomic E-state index is 12.3. The van der Waals surface area contributed by atoms with Gasteiger partial charge in [-0.2, -0.15) is 13.2 Å². The molecule has 142 valence electrons.